The Bertz CT molecular complexity index is 331. The van der Waals surface area contributed by atoms with Crippen molar-refractivity contribution >= 4 is 11.9 Å². The van der Waals surface area contributed by atoms with Gasteiger partial charge in [0.25, 0.3) is 0 Å². The number of rotatable bonds is 4. The first-order chi connectivity index (χ1) is 8.86. The van der Waals surface area contributed by atoms with Gasteiger partial charge in [-0.25, -0.2) is 0 Å². The molecule has 1 aliphatic heterocycles. The van der Waals surface area contributed by atoms with Crippen LogP contribution in [0.15, 0.2) is 0 Å². The van der Waals surface area contributed by atoms with Gasteiger partial charge in [0.2, 0.25) is 0 Å². The minimum absolute atomic E-state index is 0.235. The molecule has 1 heterocycles. The van der Waals surface area contributed by atoms with E-state index in [1.807, 2.05) is 0 Å². The molecule has 2 N–H and O–H groups in total. The summed E-state index contributed by atoms with van der Waals surface area (Å²) in [5.74, 6) is -1.20. The smallest absolute Gasteiger partial charge is 0.303 e. The maximum Gasteiger partial charge on any atom is 0.303 e. The van der Waals surface area contributed by atoms with Gasteiger partial charge in [-0.05, 0) is 0 Å². The van der Waals surface area contributed by atoms with Crippen molar-refractivity contribution in [2.24, 2.45) is 0 Å². The Hall–Kier alpha value is -1.22. The van der Waals surface area contributed by atoms with Gasteiger partial charge < -0.3 is 29.2 Å². The summed E-state index contributed by atoms with van der Waals surface area (Å²) in [4.78, 5) is 21.7. The maximum absolute atomic E-state index is 11.0. The summed E-state index contributed by atoms with van der Waals surface area (Å²) in [7, 11) is 1.29. The second-order valence-corrected chi connectivity index (χ2v) is 4.14. The number of carbonyl (C=O) groups is 2. The third-order valence-electron chi connectivity index (χ3n) is 2.63. The van der Waals surface area contributed by atoms with E-state index >= 15 is 0 Å². The van der Waals surface area contributed by atoms with Crippen LogP contribution in [0.4, 0.5) is 0 Å². The zero-order valence-corrected chi connectivity index (χ0v) is 10.9. The molecule has 19 heavy (non-hydrogen) atoms. The quantitative estimate of drug-likeness (QED) is 0.602. The number of hydrogen-bond acceptors (Lipinski definition) is 8. The van der Waals surface area contributed by atoms with Crippen LogP contribution in [0.25, 0.3) is 0 Å². The molecule has 1 rings (SSSR count). The highest BCUT2D eigenvalue weighted by Crippen LogP contribution is 2.24. The monoisotopic (exact) mass is 278 g/mol. The molecule has 0 radical (unpaired) electrons. The minimum atomic E-state index is -1.34. The fraction of sp³-hybridized carbons (Fsp3) is 0.818. The van der Waals surface area contributed by atoms with Crippen molar-refractivity contribution in [1.82, 2.24) is 0 Å². The molecule has 5 atom stereocenters. The van der Waals surface area contributed by atoms with E-state index in [9.17, 15) is 19.8 Å². The van der Waals surface area contributed by atoms with Crippen LogP contribution in [-0.2, 0) is 28.5 Å². The average Bonchev–Trinajstić information content (AvgIpc) is 2.33. The predicted octanol–water partition coefficient (Wildman–Crippen LogP) is -1.43. The molecular formula is C11H18O8. The average molecular weight is 278 g/mol. The van der Waals surface area contributed by atoms with Crippen LogP contribution in [0.1, 0.15) is 13.8 Å². The standard InChI is InChI=1S/C11H18O8/c1-5(12)17-4-7-8(14)10(18-6(2)13)9(15)11(16-3)19-7/h7-11,14-15H,4H2,1-3H3/t7-,8+,9-,10+,11+/m1/s1. The van der Waals surface area contributed by atoms with Crippen molar-refractivity contribution in [3.8, 4) is 0 Å². The molecule has 1 aliphatic rings. The lowest BCUT2D eigenvalue weighted by molar-refractivity contribution is -0.297. The van der Waals surface area contributed by atoms with Gasteiger partial charge in [-0.3, -0.25) is 9.59 Å². The van der Waals surface area contributed by atoms with E-state index in [1.54, 1.807) is 0 Å². The molecule has 1 saturated heterocycles. The van der Waals surface area contributed by atoms with Gasteiger partial charge in [-0.1, -0.05) is 0 Å². The van der Waals surface area contributed by atoms with Crippen molar-refractivity contribution in [3.63, 3.8) is 0 Å². The van der Waals surface area contributed by atoms with Gasteiger partial charge in [0, 0.05) is 21.0 Å². The van der Waals surface area contributed by atoms with Crippen LogP contribution in [0, 0.1) is 0 Å². The maximum atomic E-state index is 11.0. The molecule has 8 nitrogen and oxygen atoms in total. The van der Waals surface area contributed by atoms with Gasteiger partial charge in [-0.15, -0.1) is 0 Å². The summed E-state index contributed by atoms with van der Waals surface area (Å²) < 4.78 is 19.7. The summed E-state index contributed by atoms with van der Waals surface area (Å²) in [5.41, 5.74) is 0. The van der Waals surface area contributed by atoms with Crippen LogP contribution in [-0.4, -0.2) is 66.6 Å². The molecule has 0 spiro atoms. The zero-order chi connectivity index (χ0) is 14.6. The first-order valence-corrected chi connectivity index (χ1v) is 5.71. The van der Waals surface area contributed by atoms with Gasteiger partial charge in [-0.2, -0.15) is 0 Å². The first-order valence-electron chi connectivity index (χ1n) is 5.71. The number of ether oxygens (including phenoxy) is 4. The van der Waals surface area contributed by atoms with Gasteiger partial charge >= 0.3 is 11.9 Å². The minimum Gasteiger partial charge on any atom is -0.463 e. The summed E-state index contributed by atoms with van der Waals surface area (Å²) in [6.45, 7) is 2.13. The summed E-state index contributed by atoms with van der Waals surface area (Å²) in [6.07, 6.45) is -5.92. The number of carbonyl (C=O) groups excluding carboxylic acids is 2. The molecule has 0 unspecified atom stereocenters. The molecule has 0 aromatic rings. The molecule has 0 amide bonds. The molecule has 0 bridgehead atoms. The third kappa shape index (κ3) is 4.13. The van der Waals surface area contributed by atoms with Crippen molar-refractivity contribution in [1.29, 1.82) is 0 Å². The first kappa shape index (κ1) is 15.8. The summed E-state index contributed by atoms with van der Waals surface area (Å²) in [6, 6.07) is 0. The molecule has 8 heteroatoms. The van der Waals surface area contributed by atoms with E-state index in [2.05, 4.69) is 0 Å². The van der Waals surface area contributed by atoms with Crippen LogP contribution in [0.3, 0.4) is 0 Å². The van der Waals surface area contributed by atoms with Crippen molar-refractivity contribution in [3.05, 3.63) is 0 Å². The topological polar surface area (TPSA) is 112 Å². The highest BCUT2D eigenvalue weighted by Gasteiger charge is 2.47. The van der Waals surface area contributed by atoms with Gasteiger partial charge in [0.1, 0.15) is 24.9 Å². The lowest BCUT2D eigenvalue weighted by atomic mass is 9.99. The number of esters is 2. The molecule has 0 saturated carbocycles. The van der Waals surface area contributed by atoms with Crippen LogP contribution >= 0.6 is 0 Å². The van der Waals surface area contributed by atoms with E-state index in [0.29, 0.717) is 0 Å². The predicted molar refractivity (Wildman–Crippen MR) is 59.9 cm³/mol. The Morgan fingerprint density at radius 1 is 1.16 bits per heavy atom. The Labute approximate surface area is 110 Å². The molecule has 0 aromatic heterocycles. The summed E-state index contributed by atoms with van der Waals surface area (Å²) >= 11 is 0. The van der Waals surface area contributed by atoms with E-state index in [0.717, 1.165) is 6.92 Å². The second kappa shape index (κ2) is 6.80. The third-order valence-corrected chi connectivity index (χ3v) is 2.63. The molecule has 0 aliphatic carbocycles. The number of aliphatic hydroxyl groups is 2. The normalized spacial score (nSPS) is 34.7. The molecule has 110 valence electrons. The van der Waals surface area contributed by atoms with Crippen LogP contribution in [0.2, 0.25) is 0 Å². The Morgan fingerprint density at radius 3 is 2.26 bits per heavy atom. The fourth-order valence-corrected chi connectivity index (χ4v) is 1.77. The van der Waals surface area contributed by atoms with Crippen LogP contribution < -0.4 is 0 Å². The molecule has 1 fully saturated rings. The van der Waals surface area contributed by atoms with Gasteiger partial charge in [0.15, 0.2) is 12.4 Å². The van der Waals surface area contributed by atoms with Crippen LogP contribution in [0.5, 0.6) is 0 Å². The van der Waals surface area contributed by atoms with Crippen molar-refractivity contribution in [2.45, 2.75) is 44.6 Å². The second-order valence-electron chi connectivity index (χ2n) is 4.14. The fourth-order valence-electron chi connectivity index (χ4n) is 1.77. The lowest BCUT2D eigenvalue weighted by Gasteiger charge is -2.40. The molecule has 0 aromatic carbocycles. The highest BCUT2D eigenvalue weighted by atomic mass is 16.7. The SMILES string of the molecule is CO[C@H]1O[C@H](COC(C)=O)[C@H](O)[C@H](OC(C)=O)[C@H]1O. The lowest BCUT2D eigenvalue weighted by Crippen LogP contribution is -2.60. The van der Waals surface area contributed by atoms with Crippen molar-refractivity contribution in [2.75, 3.05) is 13.7 Å². The van der Waals surface area contributed by atoms with E-state index in [-0.39, 0.29) is 6.61 Å². The Morgan fingerprint density at radius 2 is 1.79 bits per heavy atom. The molecular weight excluding hydrogens is 260 g/mol. The highest BCUT2D eigenvalue weighted by molar-refractivity contribution is 5.66. The number of aliphatic hydroxyl groups excluding tert-OH is 2. The largest absolute Gasteiger partial charge is 0.463 e. The Kier molecular flexibility index (Phi) is 5.67. The number of hydrogen-bond donors (Lipinski definition) is 2. The van der Waals surface area contributed by atoms with Crippen molar-refractivity contribution < 1.29 is 38.7 Å². The van der Waals surface area contributed by atoms with E-state index in [4.69, 9.17) is 18.9 Å². The van der Waals surface area contributed by atoms with E-state index < -0.39 is 42.6 Å². The van der Waals surface area contributed by atoms with E-state index in [1.165, 1.54) is 14.0 Å². The van der Waals surface area contributed by atoms with Gasteiger partial charge in [0.05, 0.1) is 0 Å². The zero-order valence-electron chi connectivity index (χ0n) is 10.9. The summed E-state index contributed by atoms with van der Waals surface area (Å²) in [5, 5.41) is 19.8. The Balaban J connectivity index is 2.77. The number of methoxy groups -OCH3 is 1.